The molecule has 1 aromatic carbocycles. The lowest BCUT2D eigenvalue weighted by Gasteiger charge is -2.11. The van der Waals surface area contributed by atoms with E-state index in [1.807, 2.05) is 13.8 Å². The van der Waals surface area contributed by atoms with E-state index >= 15 is 0 Å². The number of anilines is 2. The highest BCUT2D eigenvalue weighted by atomic mass is 35.5. The van der Waals surface area contributed by atoms with Gasteiger partial charge in [0.25, 0.3) is 0 Å². The largest absolute Gasteiger partial charge is 0.325 e. The summed E-state index contributed by atoms with van der Waals surface area (Å²) in [5.41, 5.74) is 2.13. The van der Waals surface area contributed by atoms with Gasteiger partial charge in [-0.2, -0.15) is 0 Å². The van der Waals surface area contributed by atoms with Crippen molar-refractivity contribution < 1.29 is 9.59 Å². The monoisotopic (exact) mass is 295 g/mol. The second-order valence-electron chi connectivity index (χ2n) is 5.12. The fourth-order valence-electron chi connectivity index (χ4n) is 2.03. The first-order valence-corrected chi connectivity index (χ1v) is 6.99. The van der Waals surface area contributed by atoms with Gasteiger partial charge in [-0.25, -0.2) is 0 Å². The van der Waals surface area contributed by atoms with E-state index in [-0.39, 0.29) is 11.8 Å². The van der Waals surface area contributed by atoms with Crippen LogP contribution in [-0.4, -0.2) is 24.4 Å². The third kappa shape index (κ3) is 3.71. The number of benzene rings is 1. The van der Waals surface area contributed by atoms with Crippen LogP contribution in [0, 0.1) is 0 Å². The van der Waals surface area contributed by atoms with E-state index in [1.54, 1.807) is 12.1 Å². The molecule has 108 valence electrons. The topological polar surface area (TPSA) is 70.2 Å². The Bertz CT molecular complexity index is 543. The first-order chi connectivity index (χ1) is 9.45. The van der Waals surface area contributed by atoms with E-state index in [9.17, 15) is 9.59 Å². The molecule has 2 rings (SSSR count). The summed E-state index contributed by atoms with van der Waals surface area (Å²) in [4.78, 5) is 23.1. The number of hydrogen-bond donors (Lipinski definition) is 3. The maximum absolute atomic E-state index is 11.8. The first-order valence-electron chi connectivity index (χ1n) is 6.61. The Morgan fingerprint density at radius 2 is 2.20 bits per heavy atom. The SMILES string of the molecule is CC(C)NCCC(=O)Nc1cc2c(cc1Cl)NC(=O)C2. The highest BCUT2D eigenvalue weighted by molar-refractivity contribution is 6.34. The van der Waals surface area contributed by atoms with Gasteiger partial charge in [0.15, 0.2) is 0 Å². The molecule has 0 radical (unpaired) electrons. The van der Waals surface area contributed by atoms with Gasteiger partial charge in [-0.15, -0.1) is 0 Å². The van der Waals surface area contributed by atoms with E-state index in [4.69, 9.17) is 11.6 Å². The van der Waals surface area contributed by atoms with Crippen molar-refractivity contribution in [1.29, 1.82) is 0 Å². The normalized spacial score (nSPS) is 13.3. The molecule has 0 spiro atoms. The molecule has 1 aliphatic rings. The van der Waals surface area contributed by atoms with Crippen molar-refractivity contribution >= 4 is 34.8 Å². The van der Waals surface area contributed by atoms with Crippen molar-refractivity contribution in [1.82, 2.24) is 5.32 Å². The van der Waals surface area contributed by atoms with Gasteiger partial charge in [0.1, 0.15) is 0 Å². The van der Waals surface area contributed by atoms with Gasteiger partial charge < -0.3 is 16.0 Å². The zero-order valence-electron chi connectivity index (χ0n) is 11.5. The lowest BCUT2D eigenvalue weighted by Crippen LogP contribution is -2.27. The number of hydrogen-bond acceptors (Lipinski definition) is 3. The molecule has 6 heteroatoms. The van der Waals surface area contributed by atoms with Crippen molar-refractivity contribution in [3.8, 4) is 0 Å². The van der Waals surface area contributed by atoms with Crippen LogP contribution in [0.5, 0.6) is 0 Å². The summed E-state index contributed by atoms with van der Waals surface area (Å²) in [5, 5.41) is 9.10. The Morgan fingerprint density at radius 1 is 1.45 bits per heavy atom. The van der Waals surface area contributed by atoms with Gasteiger partial charge in [0, 0.05) is 24.7 Å². The summed E-state index contributed by atoms with van der Waals surface area (Å²) < 4.78 is 0. The molecule has 0 aromatic heterocycles. The van der Waals surface area contributed by atoms with E-state index in [0.29, 0.717) is 36.1 Å². The molecule has 0 atom stereocenters. The molecule has 0 aliphatic carbocycles. The molecule has 1 heterocycles. The molecule has 0 unspecified atom stereocenters. The van der Waals surface area contributed by atoms with Crippen LogP contribution in [-0.2, 0) is 16.0 Å². The van der Waals surface area contributed by atoms with Gasteiger partial charge in [-0.05, 0) is 17.7 Å². The van der Waals surface area contributed by atoms with Gasteiger partial charge in [-0.3, -0.25) is 9.59 Å². The predicted octanol–water partition coefficient (Wildman–Crippen LogP) is 2.16. The van der Waals surface area contributed by atoms with Crippen LogP contribution in [0.15, 0.2) is 12.1 Å². The summed E-state index contributed by atoms with van der Waals surface area (Å²) >= 11 is 6.10. The lowest BCUT2D eigenvalue weighted by atomic mass is 10.1. The van der Waals surface area contributed by atoms with Gasteiger partial charge in [0.2, 0.25) is 11.8 Å². The fraction of sp³-hybridized carbons (Fsp3) is 0.429. The number of rotatable bonds is 5. The first kappa shape index (κ1) is 14.8. The van der Waals surface area contributed by atoms with E-state index < -0.39 is 0 Å². The van der Waals surface area contributed by atoms with Crippen molar-refractivity contribution in [2.45, 2.75) is 32.7 Å². The molecule has 0 saturated carbocycles. The number of fused-ring (bicyclic) bond motifs is 1. The minimum absolute atomic E-state index is 0.0549. The minimum atomic E-state index is -0.0997. The lowest BCUT2D eigenvalue weighted by molar-refractivity contribution is -0.116. The average Bonchev–Trinajstić information content (AvgIpc) is 2.68. The van der Waals surface area contributed by atoms with E-state index in [2.05, 4.69) is 16.0 Å². The molecule has 0 fully saturated rings. The number of carbonyl (C=O) groups is 2. The number of halogens is 1. The third-order valence-electron chi connectivity index (χ3n) is 3.00. The second-order valence-corrected chi connectivity index (χ2v) is 5.53. The van der Waals surface area contributed by atoms with E-state index in [1.165, 1.54) is 0 Å². The molecule has 3 N–H and O–H groups in total. The van der Waals surface area contributed by atoms with Gasteiger partial charge in [-0.1, -0.05) is 25.4 Å². The van der Waals surface area contributed by atoms with Crippen LogP contribution < -0.4 is 16.0 Å². The maximum Gasteiger partial charge on any atom is 0.228 e. The zero-order chi connectivity index (χ0) is 14.7. The second kappa shape index (κ2) is 6.24. The zero-order valence-corrected chi connectivity index (χ0v) is 12.3. The molecule has 0 saturated heterocycles. The predicted molar refractivity (Wildman–Crippen MR) is 80.2 cm³/mol. The molecule has 0 bridgehead atoms. The molecular formula is C14H18ClN3O2. The van der Waals surface area contributed by atoms with Crippen LogP contribution in [0.4, 0.5) is 11.4 Å². The Hall–Kier alpha value is -1.59. The van der Waals surface area contributed by atoms with Crippen molar-refractivity contribution in [2.24, 2.45) is 0 Å². The maximum atomic E-state index is 11.8. The quantitative estimate of drug-likeness (QED) is 0.779. The average molecular weight is 296 g/mol. The van der Waals surface area contributed by atoms with Crippen LogP contribution in [0.1, 0.15) is 25.8 Å². The fourth-order valence-corrected chi connectivity index (χ4v) is 2.24. The Balaban J connectivity index is 1.98. The number of nitrogens with one attached hydrogen (secondary N) is 3. The highest BCUT2D eigenvalue weighted by Crippen LogP contribution is 2.32. The number of amides is 2. The van der Waals surface area contributed by atoms with Crippen LogP contribution in [0.3, 0.4) is 0 Å². The molecular weight excluding hydrogens is 278 g/mol. The summed E-state index contributed by atoms with van der Waals surface area (Å²) in [7, 11) is 0. The Labute approximate surface area is 123 Å². The standard InChI is InChI=1S/C14H18ClN3O2/c1-8(2)16-4-3-13(19)18-12-5-9-6-14(20)17-11(9)7-10(12)15/h5,7-8,16H,3-4,6H2,1-2H3,(H,17,20)(H,18,19). The summed E-state index contributed by atoms with van der Waals surface area (Å²) in [6.45, 7) is 4.67. The number of carbonyl (C=O) groups excluding carboxylic acids is 2. The van der Waals surface area contributed by atoms with Crippen molar-refractivity contribution in [3.05, 3.63) is 22.7 Å². The third-order valence-corrected chi connectivity index (χ3v) is 3.31. The molecule has 20 heavy (non-hydrogen) atoms. The Kier molecular flexibility index (Phi) is 4.62. The summed E-state index contributed by atoms with van der Waals surface area (Å²) in [5.74, 6) is -0.155. The van der Waals surface area contributed by atoms with Gasteiger partial charge >= 0.3 is 0 Å². The van der Waals surface area contributed by atoms with Crippen LogP contribution >= 0.6 is 11.6 Å². The highest BCUT2D eigenvalue weighted by Gasteiger charge is 2.20. The molecule has 1 aliphatic heterocycles. The smallest absolute Gasteiger partial charge is 0.228 e. The summed E-state index contributed by atoms with van der Waals surface area (Å²) in [6, 6.07) is 3.77. The van der Waals surface area contributed by atoms with Crippen LogP contribution in [0.25, 0.3) is 0 Å². The van der Waals surface area contributed by atoms with Crippen molar-refractivity contribution in [3.63, 3.8) is 0 Å². The van der Waals surface area contributed by atoms with Crippen molar-refractivity contribution in [2.75, 3.05) is 17.2 Å². The summed E-state index contributed by atoms with van der Waals surface area (Å²) in [6.07, 6.45) is 0.701. The van der Waals surface area contributed by atoms with E-state index in [0.717, 1.165) is 11.3 Å². The minimum Gasteiger partial charge on any atom is -0.325 e. The Morgan fingerprint density at radius 3 is 2.90 bits per heavy atom. The van der Waals surface area contributed by atoms with Gasteiger partial charge in [0.05, 0.1) is 17.1 Å². The van der Waals surface area contributed by atoms with Crippen LogP contribution in [0.2, 0.25) is 5.02 Å². The molecule has 2 amide bonds. The molecule has 1 aromatic rings. The molecule has 5 nitrogen and oxygen atoms in total.